The third-order valence-electron chi connectivity index (χ3n) is 4.52. The van der Waals surface area contributed by atoms with Crippen molar-refractivity contribution in [1.29, 1.82) is 0 Å². The lowest BCUT2D eigenvalue weighted by Gasteiger charge is -2.36. The highest BCUT2D eigenvalue weighted by atomic mass is 16.5. The number of benzene rings is 1. The van der Waals surface area contributed by atoms with Crippen LogP contribution in [0, 0.1) is 0 Å². The van der Waals surface area contributed by atoms with E-state index in [4.69, 9.17) is 4.52 Å². The summed E-state index contributed by atoms with van der Waals surface area (Å²) in [7, 11) is 0. The van der Waals surface area contributed by atoms with Gasteiger partial charge in [-0.25, -0.2) is 0 Å². The van der Waals surface area contributed by atoms with Crippen LogP contribution in [0.1, 0.15) is 45.4 Å². The minimum atomic E-state index is -0.104. The van der Waals surface area contributed by atoms with Crippen molar-refractivity contribution < 1.29 is 9.32 Å². The largest absolute Gasteiger partial charge is 0.359 e. The van der Waals surface area contributed by atoms with E-state index in [1.54, 1.807) is 6.07 Å². The molecular formula is C19H25N3O2. The van der Waals surface area contributed by atoms with Crippen LogP contribution in [0.25, 0.3) is 0 Å². The Balaban J connectivity index is 1.70. The molecule has 24 heavy (non-hydrogen) atoms. The van der Waals surface area contributed by atoms with Crippen molar-refractivity contribution in [2.24, 2.45) is 0 Å². The third kappa shape index (κ3) is 3.45. The summed E-state index contributed by atoms with van der Waals surface area (Å²) >= 11 is 0. The first-order valence-electron chi connectivity index (χ1n) is 8.46. The molecule has 1 aromatic carbocycles. The number of carbonyl (C=O) groups is 1. The average molecular weight is 327 g/mol. The molecule has 0 bridgehead atoms. The van der Waals surface area contributed by atoms with Crippen LogP contribution in [0.2, 0.25) is 0 Å². The molecule has 1 atom stereocenters. The smallest absolute Gasteiger partial charge is 0.246 e. The number of hydrogen-bond donors (Lipinski definition) is 1. The van der Waals surface area contributed by atoms with Gasteiger partial charge in [0.05, 0.1) is 12.2 Å². The highest BCUT2D eigenvalue weighted by molar-refractivity contribution is 5.93. The molecule has 0 fully saturated rings. The predicted octanol–water partition coefficient (Wildman–Crippen LogP) is 3.75. The van der Waals surface area contributed by atoms with Gasteiger partial charge in [0.1, 0.15) is 0 Å². The van der Waals surface area contributed by atoms with Crippen LogP contribution in [0.15, 0.2) is 34.9 Å². The second kappa shape index (κ2) is 6.30. The molecule has 1 unspecified atom stereocenters. The van der Waals surface area contributed by atoms with E-state index in [0.717, 1.165) is 24.2 Å². The maximum Gasteiger partial charge on any atom is 0.246 e. The summed E-state index contributed by atoms with van der Waals surface area (Å²) in [6.45, 7) is 8.65. The maximum absolute atomic E-state index is 12.5. The topological polar surface area (TPSA) is 58.4 Å². The zero-order valence-corrected chi connectivity index (χ0v) is 14.8. The Labute approximate surface area is 143 Å². The van der Waals surface area contributed by atoms with Gasteiger partial charge in [0.2, 0.25) is 11.8 Å². The monoisotopic (exact) mass is 327 g/mol. The second-order valence-corrected chi connectivity index (χ2v) is 7.52. The molecule has 5 nitrogen and oxygen atoms in total. The average Bonchev–Trinajstić information content (AvgIpc) is 2.99. The van der Waals surface area contributed by atoms with Crippen molar-refractivity contribution in [1.82, 2.24) is 5.16 Å². The van der Waals surface area contributed by atoms with Crippen molar-refractivity contribution in [2.45, 2.75) is 52.0 Å². The van der Waals surface area contributed by atoms with E-state index in [-0.39, 0.29) is 11.3 Å². The lowest BCUT2D eigenvalue weighted by Crippen LogP contribution is -2.42. The number of rotatable bonds is 3. The summed E-state index contributed by atoms with van der Waals surface area (Å²) in [5.41, 5.74) is 3.18. The minimum Gasteiger partial charge on any atom is -0.359 e. The second-order valence-electron chi connectivity index (χ2n) is 7.52. The van der Waals surface area contributed by atoms with Crippen molar-refractivity contribution >= 4 is 17.5 Å². The van der Waals surface area contributed by atoms with Crippen LogP contribution >= 0.6 is 0 Å². The van der Waals surface area contributed by atoms with E-state index in [1.807, 2.05) is 6.07 Å². The van der Waals surface area contributed by atoms with Crippen LogP contribution in [0.5, 0.6) is 0 Å². The molecule has 0 saturated carbocycles. The molecule has 1 aliphatic heterocycles. The SMILES string of the molecule is CC1CCc2ccccc2N1CC(=O)Nc1cc(C(C)(C)C)no1. The van der Waals surface area contributed by atoms with E-state index < -0.39 is 0 Å². The van der Waals surface area contributed by atoms with Crippen molar-refractivity contribution in [2.75, 3.05) is 16.8 Å². The molecule has 5 heteroatoms. The fourth-order valence-electron chi connectivity index (χ4n) is 3.02. The van der Waals surface area contributed by atoms with E-state index in [2.05, 4.69) is 61.3 Å². The van der Waals surface area contributed by atoms with Gasteiger partial charge in [-0.15, -0.1) is 0 Å². The van der Waals surface area contributed by atoms with E-state index >= 15 is 0 Å². The Morgan fingerprint density at radius 3 is 2.83 bits per heavy atom. The molecule has 0 saturated heterocycles. The van der Waals surface area contributed by atoms with Crippen molar-refractivity contribution in [3.05, 3.63) is 41.6 Å². The van der Waals surface area contributed by atoms with Crippen LogP contribution in [-0.4, -0.2) is 23.7 Å². The Bertz CT molecular complexity index is 730. The van der Waals surface area contributed by atoms with Gasteiger partial charge in [-0.2, -0.15) is 0 Å². The zero-order valence-electron chi connectivity index (χ0n) is 14.8. The highest BCUT2D eigenvalue weighted by Crippen LogP contribution is 2.30. The number of nitrogens with one attached hydrogen (secondary N) is 1. The number of amides is 1. The maximum atomic E-state index is 12.5. The molecule has 0 radical (unpaired) electrons. The van der Waals surface area contributed by atoms with E-state index in [1.165, 1.54) is 5.56 Å². The van der Waals surface area contributed by atoms with Gasteiger partial charge < -0.3 is 9.42 Å². The number of aromatic nitrogens is 1. The van der Waals surface area contributed by atoms with E-state index in [0.29, 0.717) is 18.5 Å². The standard InChI is InChI=1S/C19H25N3O2/c1-13-9-10-14-7-5-6-8-15(14)22(13)12-17(23)20-18-11-16(21-24-18)19(2,3)4/h5-8,11,13H,9-10,12H2,1-4H3,(H,20,23). The van der Waals surface area contributed by atoms with Gasteiger partial charge in [-0.05, 0) is 31.4 Å². The Morgan fingerprint density at radius 2 is 2.12 bits per heavy atom. The number of carbonyl (C=O) groups excluding carboxylic acids is 1. The molecule has 1 N–H and O–H groups in total. The molecular weight excluding hydrogens is 302 g/mol. The first-order chi connectivity index (χ1) is 11.3. The summed E-state index contributed by atoms with van der Waals surface area (Å²) in [4.78, 5) is 14.6. The summed E-state index contributed by atoms with van der Waals surface area (Å²) in [5, 5.41) is 6.86. The fourth-order valence-corrected chi connectivity index (χ4v) is 3.02. The van der Waals surface area contributed by atoms with Gasteiger partial charge in [-0.1, -0.05) is 44.1 Å². The summed E-state index contributed by atoms with van der Waals surface area (Å²) < 4.78 is 5.25. The number of nitrogens with zero attached hydrogens (tertiary/aromatic N) is 2. The number of anilines is 2. The lowest BCUT2D eigenvalue weighted by atomic mass is 9.92. The fraction of sp³-hybridized carbons (Fsp3) is 0.474. The predicted molar refractivity (Wildman–Crippen MR) is 95.4 cm³/mol. The molecule has 128 valence electrons. The normalized spacial score (nSPS) is 17.5. The minimum absolute atomic E-state index is 0.0878. The number of hydrogen-bond acceptors (Lipinski definition) is 4. The lowest BCUT2D eigenvalue weighted by molar-refractivity contribution is -0.115. The number of fused-ring (bicyclic) bond motifs is 1. The third-order valence-corrected chi connectivity index (χ3v) is 4.52. The number of para-hydroxylation sites is 1. The van der Waals surface area contributed by atoms with Gasteiger partial charge in [-0.3, -0.25) is 10.1 Å². The molecule has 3 rings (SSSR count). The van der Waals surface area contributed by atoms with Crippen LogP contribution in [0.3, 0.4) is 0 Å². The Kier molecular flexibility index (Phi) is 4.35. The molecule has 0 aliphatic carbocycles. The Hall–Kier alpha value is -2.30. The number of aryl methyl sites for hydroxylation is 1. The van der Waals surface area contributed by atoms with Gasteiger partial charge in [0.25, 0.3) is 0 Å². The molecule has 2 heterocycles. The molecule has 1 aromatic heterocycles. The quantitative estimate of drug-likeness (QED) is 0.933. The van der Waals surface area contributed by atoms with E-state index in [9.17, 15) is 4.79 Å². The molecule has 0 spiro atoms. The summed E-state index contributed by atoms with van der Waals surface area (Å²) in [6.07, 6.45) is 2.12. The first-order valence-corrected chi connectivity index (χ1v) is 8.46. The Morgan fingerprint density at radius 1 is 1.38 bits per heavy atom. The summed E-state index contributed by atoms with van der Waals surface area (Å²) in [6, 6.07) is 10.4. The van der Waals surface area contributed by atoms with Crippen LogP contribution < -0.4 is 10.2 Å². The molecule has 1 amide bonds. The van der Waals surface area contributed by atoms with Crippen LogP contribution in [-0.2, 0) is 16.6 Å². The molecule has 1 aliphatic rings. The van der Waals surface area contributed by atoms with Crippen molar-refractivity contribution in [3.8, 4) is 0 Å². The van der Waals surface area contributed by atoms with Crippen LogP contribution in [0.4, 0.5) is 11.6 Å². The van der Waals surface area contributed by atoms with Crippen molar-refractivity contribution in [3.63, 3.8) is 0 Å². The first kappa shape index (κ1) is 16.6. The molecule has 2 aromatic rings. The zero-order chi connectivity index (χ0) is 17.3. The van der Waals surface area contributed by atoms with Gasteiger partial charge in [0, 0.05) is 23.2 Å². The highest BCUT2D eigenvalue weighted by Gasteiger charge is 2.25. The van der Waals surface area contributed by atoms with Gasteiger partial charge >= 0.3 is 0 Å². The van der Waals surface area contributed by atoms with Gasteiger partial charge in [0.15, 0.2) is 0 Å². The summed E-state index contributed by atoms with van der Waals surface area (Å²) in [5.74, 6) is 0.318.